The second-order valence-electron chi connectivity index (χ2n) is 10.3. The summed E-state index contributed by atoms with van der Waals surface area (Å²) >= 11 is 6.25. The molecule has 208 valence electrons. The smallest absolute Gasteiger partial charge is 0.414 e. The number of anilines is 1. The molecule has 0 bridgehead atoms. The molecule has 0 fully saturated rings. The van der Waals surface area contributed by atoms with Crippen molar-refractivity contribution in [2.45, 2.75) is 38.6 Å². The molecule has 0 spiro atoms. The van der Waals surface area contributed by atoms with E-state index < -0.39 is 0 Å². The lowest BCUT2D eigenvalue weighted by atomic mass is 9.98. The molecule has 1 atom stereocenters. The minimum atomic E-state index is -0.375. The fourth-order valence-electron chi connectivity index (χ4n) is 5.80. The van der Waals surface area contributed by atoms with Crippen LogP contribution in [0.25, 0.3) is 22.0 Å². The number of aliphatic hydroxyl groups is 1. The first-order valence-electron chi connectivity index (χ1n) is 14.0. The summed E-state index contributed by atoms with van der Waals surface area (Å²) in [5, 5.41) is 10.8. The van der Waals surface area contributed by atoms with Crippen LogP contribution in [-0.2, 0) is 4.74 Å². The molecule has 40 heavy (non-hydrogen) atoms. The van der Waals surface area contributed by atoms with Gasteiger partial charge in [-0.2, -0.15) is 0 Å². The molecule has 0 saturated heterocycles. The standard InChI is InChI=1S/C33H36ClN3O3/c1-3-36(19-20-38)18-8-9-23(2)37(32-16-17-35-31-21-24(34)14-15-29(31)32)33(39)40-22-30-27-12-6-4-10-25(27)26-11-5-7-13-28(26)30/h4-7,10-17,21,23,30,38H,3,8-9,18-20,22H2,1-2H3. The van der Waals surface area contributed by atoms with Crippen molar-refractivity contribution in [3.63, 3.8) is 0 Å². The number of hydrogen-bond donors (Lipinski definition) is 1. The number of halogens is 1. The Morgan fingerprint density at radius 2 is 1.73 bits per heavy atom. The molecule has 5 rings (SSSR count). The van der Waals surface area contributed by atoms with Gasteiger partial charge in [-0.25, -0.2) is 4.79 Å². The first kappa shape index (κ1) is 28.1. The maximum absolute atomic E-state index is 13.9. The van der Waals surface area contributed by atoms with E-state index in [0.717, 1.165) is 42.5 Å². The fourth-order valence-corrected chi connectivity index (χ4v) is 5.97. The number of hydrogen-bond acceptors (Lipinski definition) is 5. The lowest BCUT2D eigenvalue weighted by molar-refractivity contribution is 0.147. The number of pyridine rings is 1. The highest BCUT2D eigenvalue weighted by Gasteiger charge is 2.31. The van der Waals surface area contributed by atoms with Crippen LogP contribution in [0.2, 0.25) is 5.02 Å². The average Bonchev–Trinajstić information content (AvgIpc) is 3.29. The van der Waals surface area contributed by atoms with E-state index in [1.54, 1.807) is 11.1 Å². The van der Waals surface area contributed by atoms with Crippen LogP contribution in [0, 0.1) is 0 Å². The van der Waals surface area contributed by atoms with E-state index in [-0.39, 0.29) is 31.3 Å². The van der Waals surface area contributed by atoms with E-state index >= 15 is 0 Å². The number of carbonyl (C=O) groups excluding carboxylic acids is 1. The fraction of sp³-hybridized carbons (Fsp3) is 0.333. The van der Waals surface area contributed by atoms with Crippen molar-refractivity contribution in [2.24, 2.45) is 0 Å². The number of carbonyl (C=O) groups is 1. The number of likely N-dealkylation sites (N-methyl/N-ethyl adjacent to an activating group) is 1. The second-order valence-corrected chi connectivity index (χ2v) is 10.8. The van der Waals surface area contributed by atoms with Crippen LogP contribution in [0.5, 0.6) is 0 Å². The van der Waals surface area contributed by atoms with E-state index in [1.807, 2.05) is 36.4 Å². The zero-order valence-electron chi connectivity index (χ0n) is 23.1. The second kappa shape index (κ2) is 12.8. The molecular weight excluding hydrogens is 522 g/mol. The van der Waals surface area contributed by atoms with Gasteiger partial charge in [-0.05, 0) is 79.4 Å². The maximum Gasteiger partial charge on any atom is 0.414 e. The Hall–Kier alpha value is -3.45. The first-order valence-corrected chi connectivity index (χ1v) is 14.4. The zero-order chi connectivity index (χ0) is 28.1. The predicted molar refractivity (Wildman–Crippen MR) is 162 cm³/mol. The Morgan fingerprint density at radius 1 is 1.02 bits per heavy atom. The Morgan fingerprint density at radius 3 is 2.40 bits per heavy atom. The largest absolute Gasteiger partial charge is 0.448 e. The van der Waals surface area contributed by atoms with Crippen LogP contribution in [0.4, 0.5) is 10.5 Å². The molecule has 0 aliphatic heterocycles. The predicted octanol–water partition coefficient (Wildman–Crippen LogP) is 7.13. The van der Waals surface area contributed by atoms with Gasteiger partial charge in [0.15, 0.2) is 0 Å². The summed E-state index contributed by atoms with van der Waals surface area (Å²) in [5.41, 5.74) is 6.25. The topological polar surface area (TPSA) is 65.9 Å². The summed E-state index contributed by atoms with van der Waals surface area (Å²) in [7, 11) is 0. The van der Waals surface area contributed by atoms with Gasteiger partial charge in [0, 0.05) is 35.1 Å². The lowest BCUT2D eigenvalue weighted by Gasteiger charge is -2.31. The molecule has 0 saturated carbocycles. The minimum Gasteiger partial charge on any atom is -0.448 e. The number of ether oxygens (including phenoxy) is 1. The highest BCUT2D eigenvalue weighted by molar-refractivity contribution is 6.31. The molecule has 0 radical (unpaired) electrons. The Kier molecular flexibility index (Phi) is 9.00. The number of rotatable bonds is 11. The molecule has 1 aliphatic rings. The number of aromatic nitrogens is 1. The van der Waals surface area contributed by atoms with Crippen LogP contribution >= 0.6 is 11.6 Å². The molecule has 1 heterocycles. The lowest BCUT2D eigenvalue weighted by Crippen LogP contribution is -2.40. The first-order chi connectivity index (χ1) is 19.5. The van der Waals surface area contributed by atoms with Gasteiger partial charge in [-0.3, -0.25) is 9.88 Å². The number of aliphatic hydroxyl groups excluding tert-OH is 1. The molecule has 1 N–H and O–H groups in total. The van der Waals surface area contributed by atoms with E-state index in [2.05, 4.69) is 60.1 Å². The van der Waals surface area contributed by atoms with Crippen molar-refractivity contribution >= 4 is 34.3 Å². The van der Waals surface area contributed by atoms with Gasteiger partial charge in [0.2, 0.25) is 0 Å². The van der Waals surface area contributed by atoms with Crippen molar-refractivity contribution in [1.29, 1.82) is 0 Å². The summed E-state index contributed by atoms with van der Waals surface area (Å²) in [5.74, 6) is -0.0157. The van der Waals surface area contributed by atoms with Gasteiger partial charge < -0.3 is 14.7 Å². The molecule has 7 heteroatoms. The third-order valence-corrected chi connectivity index (χ3v) is 8.11. The Bertz CT molecular complexity index is 1430. The number of fused-ring (bicyclic) bond motifs is 4. The molecule has 6 nitrogen and oxygen atoms in total. The zero-order valence-corrected chi connectivity index (χ0v) is 23.8. The van der Waals surface area contributed by atoms with Gasteiger partial charge in [-0.15, -0.1) is 0 Å². The van der Waals surface area contributed by atoms with Crippen LogP contribution in [0.15, 0.2) is 79.0 Å². The van der Waals surface area contributed by atoms with Gasteiger partial charge >= 0.3 is 6.09 Å². The van der Waals surface area contributed by atoms with Gasteiger partial charge in [-0.1, -0.05) is 67.1 Å². The van der Waals surface area contributed by atoms with Crippen molar-refractivity contribution in [3.8, 4) is 11.1 Å². The summed E-state index contributed by atoms with van der Waals surface area (Å²) < 4.78 is 6.13. The molecule has 3 aromatic carbocycles. The van der Waals surface area contributed by atoms with Crippen molar-refractivity contribution < 1.29 is 14.6 Å². The van der Waals surface area contributed by atoms with Crippen molar-refractivity contribution in [3.05, 3.63) is 95.1 Å². The highest BCUT2D eigenvalue weighted by atomic mass is 35.5. The number of amides is 1. The molecular formula is C33H36ClN3O3. The quantitative estimate of drug-likeness (QED) is 0.212. The molecule has 1 aliphatic carbocycles. The normalized spacial score (nSPS) is 13.3. The SMILES string of the molecule is CCN(CCO)CCCC(C)N(C(=O)OCC1c2ccccc2-c2ccccc21)c1ccnc2cc(Cl)ccc12. The molecule has 4 aromatic rings. The Labute approximate surface area is 241 Å². The van der Waals surface area contributed by atoms with E-state index in [9.17, 15) is 9.90 Å². The Balaban J connectivity index is 1.40. The van der Waals surface area contributed by atoms with Gasteiger partial charge in [0.25, 0.3) is 0 Å². The van der Waals surface area contributed by atoms with Crippen LogP contribution in [0.1, 0.15) is 43.7 Å². The number of benzene rings is 3. The average molecular weight is 558 g/mol. The van der Waals surface area contributed by atoms with E-state index in [0.29, 0.717) is 11.6 Å². The van der Waals surface area contributed by atoms with Crippen LogP contribution in [-0.4, -0.2) is 60.0 Å². The third-order valence-electron chi connectivity index (χ3n) is 7.87. The van der Waals surface area contributed by atoms with Crippen molar-refractivity contribution in [2.75, 3.05) is 37.7 Å². The molecule has 1 amide bonds. The summed E-state index contributed by atoms with van der Waals surface area (Å²) in [6.07, 6.45) is 3.00. The van der Waals surface area contributed by atoms with Crippen LogP contribution in [0.3, 0.4) is 0 Å². The monoisotopic (exact) mass is 557 g/mol. The third kappa shape index (κ3) is 5.85. The van der Waals surface area contributed by atoms with Gasteiger partial charge in [0.1, 0.15) is 6.61 Å². The summed E-state index contributed by atoms with van der Waals surface area (Å²) in [6, 6.07) is 24.0. The van der Waals surface area contributed by atoms with E-state index in [1.165, 1.54) is 22.3 Å². The number of nitrogens with zero attached hydrogens (tertiary/aromatic N) is 3. The summed E-state index contributed by atoms with van der Waals surface area (Å²) in [6.45, 7) is 6.93. The summed E-state index contributed by atoms with van der Waals surface area (Å²) in [4.78, 5) is 22.4. The molecule has 1 aromatic heterocycles. The van der Waals surface area contributed by atoms with E-state index in [4.69, 9.17) is 16.3 Å². The maximum atomic E-state index is 13.9. The minimum absolute atomic E-state index is 0.0157. The van der Waals surface area contributed by atoms with Crippen LogP contribution < -0.4 is 4.90 Å². The highest BCUT2D eigenvalue weighted by Crippen LogP contribution is 2.44. The van der Waals surface area contributed by atoms with Gasteiger partial charge in [0.05, 0.1) is 17.8 Å². The van der Waals surface area contributed by atoms with Crippen molar-refractivity contribution in [1.82, 2.24) is 9.88 Å². The molecule has 1 unspecified atom stereocenters.